The summed E-state index contributed by atoms with van der Waals surface area (Å²) >= 11 is 6.06. The molecule has 0 bridgehead atoms. The maximum Gasteiger partial charge on any atom is 0.125 e. The zero-order valence-corrected chi connectivity index (χ0v) is 13.2. The molecule has 1 heterocycles. The zero-order chi connectivity index (χ0) is 15.1. The maximum atomic E-state index is 6.06. The number of ether oxygens (including phenoxy) is 1. The largest absolute Gasteiger partial charge is 0.496 e. The lowest BCUT2D eigenvalue weighted by Crippen LogP contribution is -2.24. The van der Waals surface area contributed by atoms with Gasteiger partial charge in [-0.05, 0) is 49.2 Å². The number of rotatable bonds is 7. The van der Waals surface area contributed by atoms with E-state index < -0.39 is 0 Å². The fourth-order valence-electron chi connectivity index (χ4n) is 2.34. The van der Waals surface area contributed by atoms with Gasteiger partial charge in [0.1, 0.15) is 5.75 Å². The summed E-state index contributed by atoms with van der Waals surface area (Å²) in [6, 6.07) is 10.1. The first-order valence-corrected chi connectivity index (χ1v) is 7.58. The van der Waals surface area contributed by atoms with Crippen molar-refractivity contribution in [3.63, 3.8) is 0 Å². The smallest absolute Gasteiger partial charge is 0.125 e. The molecule has 0 radical (unpaired) electrons. The molecule has 1 unspecified atom stereocenters. The second-order valence-corrected chi connectivity index (χ2v) is 5.39. The van der Waals surface area contributed by atoms with E-state index in [0.29, 0.717) is 5.02 Å². The standard InChI is InChI=1S/C17H21ClN2O/c1-3-8-20-16(11-13-6-9-19-10-7-13)15-5-4-14(18)12-17(15)21-2/h4-7,9-10,12,16,20H,3,8,11H2,1-2H3. The molecule has 1 aromatic carbocycles. The third-order valence-electron chi connectivity index (χ3n) is 3.40. The fraction of sp³-hybridized carbons (Fsp3) is 0.353. The Morgan fingerprint density at radius 1 is 1.24 bits per heavy atom. The van der Waals surface area contributed by atoms with Crippen LogP contribution in [-0.4, -0.2) is 18.6 Å². The molecular formula is C17H21ClN2O. The van der Waals surface area contributed by atoms with E-state index in [4.69, 9.17) is 16.3 Å². The molecule has 0 aliphatic heterocycles. The summed E-state index contributed by atoms with van der Waals surface area (Å²) in [5.41, 5.74) is 2.38. The summed E-state index contributed by atoms with van der Waals surface area (Å²) in [6.45, 7) is 3.12. The van der Waals surface area contributed by atoms with Gasteiger partial charge in [0.15, 0.2) is 0 Å². The van der Waals surface area contributed by atoms with Gasteiger partial charge in [-0.25, -0.2) is 0 Å². The number of nitrogens with zero attached hydrogens (tertiary/aromatic N) is 1. The van der Waals surface area contributed by atoms with Crippen molar-refractivity contribution in [3.8, 4) is 5.75 Å². The number of aromatic nitrogens is 1. The Balaban J connectivity index is 2.27. The van der Waals surface area contributed by atoms with Gasteiger partial charge in [0.25, 0.3) is 0 Å². The number of benzene rings is 1. The molecule has 0 amide bonds. The van der Waals surface area contributed by atoms with E-state index in [1.165, 1.54) is 5.56 Å². The van der Waals surface area contributed by atoms with Crippen molar-refractivity contribution >= 4 is 11.6 Å². The van der Waals surface area contributed by atoms with Gasteiger partial charge in [0, 0.05) is 29.0 Å². The lowest BCUT2D eigenvalue weighted by molar-refractivity contribution is 0.398. The molecule has 21 heavy (non-hydrogen) atoms. The molecule has 0 spiro atoms. The predicted octanol–water partition coefficient (Wildman–Crippen LogP) is 4.03. The molecule has 112 valence electrons. The van der Waals surface area contributed by atoms with Gasteiger partial charge in [-0.1, -0.05) is 24.6 Å². The summed E-state index contributed by atoms with van der Waals surface area (Å²) < 4.78 is 5.49. The molecule has 1 N–H and O–H groups in total. The molecule has 4 heteroatoms. The van der Waals surface area contributed by atoms with E-state index >= 15 is 0 Å². The lowest BCUT2D eigenvalue weighted by atomic mass is 9.98. The number of nitrogens with one attached hydrogen (secondary N) is 1. The second kappa shape index (κ2) is 8.01. The van der Waals surface area contributed by atoms with Crippen LogP contribution in [0.3, 0.4) is 0 Å². The van der Waals surface area contributed by atoms with E-state index in [1.807, 2.05) is 42.7 Å². The Morgan fingerprint density at radius 3 is 2.67 bits per heavy atom. The monoisotopic (exact) mass is 304 g/mol. The fourth-order valence-corrected chi connectivity index (χ4v) is 2.50. The summed E-state index contributed by atoms with van der Waals surface area (Å²) in [4.78, 5) is 4.07. The molecule has 0 saturated carbocycles. The molecule has 3 nitrogen and oxygen atoms in total. The van der Waals surface area contributed by atoms with Crippen molar-refractivity contribution < 1.29 is 4.74 Å². The Morgan fingerprint density at radius 2 is 2.00 bits per heavy atom. The van der Waals surface area contributed by atoms with Crippen molar-refractivity contribution in [2.45, 2.75) is 25.8 Å². The van der Waals surface area contributed by atoms with Gasteiger partial charge in [0.05, 0.1) is 7.11 Å². The van der Waals surface area contributed by atoms with E-state index in [9.17, 15) is 0 Å². The predicted molar refractivity (Wildman–Crippen MR) is 87.0 cm³/mol. The molecule has 0 aliphatic carbocycles. The number of pyridine rings is 1. The van der Waals surface area contributed by atoms with Crippen molar-refractivity contribution in [1.82, 2.24) is 10.3 Å². The minimum Gasteiger partial charge on any atom is -0.496 e. The van der Waals surface area contributed by atoms with Gasteiger partial charge in [-0.3, -0.25) is 4.98 Å². The molecule has 2 aromatic rings. The van der Waals surface area contributed by atoms with Crippen LogP contribution in [0.15, 0.2) is 42.7 Å². The van der Waals surface area contributed by atoms with E-state index in [1.54, 1.807) is 7.11 Å². The highest BCUT2D eigenvalue weighted by Crippen LogP contribution is 2.30. The third kappa shape index (κ3) is 4.45. The Kier molecular flexibility index (Phi) is 6.03. The van der Waals surface area contributed by atoms with Gasteiger partial charge in [-0.15, -0.1) is 0 Å². The van der Waals surface area contributed by atoms with Gasteiger partial charge >= 0.3 is 0 Å². The Hall–Kier alpha value is -1.58. The molecule has 1 aromatic heterocycles. The second-order valence-electron chi connectivity index (χ2n) is 4.95. The average Bonchev–Trinajstić information content (AvgIpc) is 2.52. The minimum atomic E-state index is 0.194. The van der Waals surface area contributed by atoms with Crippen molar-refractivity contribution in [2.24, 2.45) is 0 Å². The van der Waals surface area contributed by atoms with Gasteiger partial charge < -0.3 is 10.1 Å². The topological polar surface area (TPSA) is 34.2 Å². The first-order chi connectivity index (χ1) is 10.2. The highest BCUT2D eigenvalue weighted by molar-refractivity contribution is 6.30. The first-order valence-electron chi connectivity index (χ1n) is 7.20. The third-order valence-corrected chi connectivity index (χ3v) is 3.64. The zero-order valence-electron chi connectivity index (χ0n) is 12.5. The highest BCUT2D eigenvalue weighted by atomic mass is 35.5. The van der Waals surface area contributed by atoms with Crippen LogP contribution in [0.25, 0.3) is 0 Å². The number of methoxy groups -OCH3 is 1. The SMILES string of the molecule is CCCNC(Cc1ccncc1)c1ccc(Cl)cc1OC. The maximum absolute atomic E-state index is 6.06. The van der Waals surface area contributed by atoms with Gasteiger partial charge in [-0.2, -0.15) is 0 Å². The number of hydrogen-bond acceptors (Lipinski definition) is 3. The van der Waals surface area contributed by atoms with Crippen LogP contribution < -0.4 is 10.1 Å². The Bertz CT molecular complexity index is 560. The Labute approximate surface area is 131 Å². The normalized spacial score (nSPS) is 12.1. The van der Waals surface area contributed by atoms with Crippen LogP contribution in [-0.2, 0) is 6.42 Å². The molecular weight excluding hydrogens is 284 g/mol. The van der Waals surface area contributed by atoms with Crippen molar-refractivity contribution in [3.05, 3.63) is 58.9 Å². The van der Waals surface area contributed by atoms with Crippen molar-refractivity contribution in [2.75, 3.05) is 13.7 Å². The van der Waals surface area contributed by atoms with Crippen LogP contribution >= 0.6 is 11.6 Å². The lowest BCUT2D eigenvalue weighted by Gasteiger charge is -2.21. The summed E-state index contributed by atoms with van der Waals surface area (Å²) in [7, 11) is 1.68. The molecule has 0 aliphatic rings. The molecule has 2 rings (SSSR count). The van der Waals surface area contributed by atoms with Crippen LogP contribution in [0.5, 0.6) is 5.75 Å². The molecule has 0 fully saturated rings. The van der Waals surface area contributed by atoms with Crippen LogP contribution in [0.2, 0.25) is 5.02 Å². The molecule has 0 saturated heterocycles. The first kappa shape index (κ1) is 15.8. The van der Waals surface area contributed by atoms with Crippen LogP contribution in [0.4, 0.5) is 0 Å². The summed E-state index contributed by atoms with van der Waals surface area (Å²) in [6.07, 6.45) is 5.62. The number of halogens is 1. The quantitative estimate of drug-likeness (QED) is 0.838. The van der Waals surface area contributed by atoms with E-state index in [0.717, 1.165) is 30.7 Å². The summed E-state index contributed by atoms with van der Waals surface area (Å²) in [5, 5.41) is 4.27. The van der Waals surface area contributed by atoms with Crippen molar-refractivity contribution in [1.29, 1.82) is 0 Å². The highest BCUT2D eigenvalue weighted by Gasteiger charge is 2.16. The van der Waals surface area contributed by atoms with E-state index in [2.05, 4.69) is 17.2 Å². The van der Waals surface area contributed by atoms with Gasteiger partial charge in [0.2, 0.25) is 0 Å². The minimum absolute atomic E-state index is 0.194. The average molecular weight is 305 g/mol. The van der Waals surface area contributed by atoms with Crippen LogP contribution in [0.1, 0.15) is 30.5 Å². The van der Waals surface area contributed by atoms with Crippen LogP contribution in [0, 0.1) is 0 Å². The molecule has 1 atom stereocenters. The van der Waals surface area contributed by atoms with E-state index in [-0.39, 0.29) is 6.04 Å². The summed E-state index contributed by atoms with van der Waals surface area (Å²) in [5.74, 6) is 0.824. The number of hydrogen-bond donors (Lipinski definition) is 1.